The maximum Gasteiger partial charge on any atom is 0.253 e. The van der Waals surface area contributed by atoms with Gasteiger partial charge in [-0.1, -0.05) is 0 Å². The number of likely N-dealkylation sites (N-methyl/N-ethyl adjacent to an activating group) is 2. The third-order valence-corrected chi connectivity index (χ3v) is 4.91. The summed E-state index contributed by atoms with van der Waals surface area (Å²) in [6, 6.07) is 5.63. The van der Waals surface area contributed by atoms with E-state index in [0.717, 1.165) is 37.4 Å². The van der Waals surface area contributed by atoms with Crippen molar-refractivity contribution in [1.29, 1.82) is 0 Å². The van der Waals surface area contributed by atoms with Crippen molar-refractivity contribution in [1.82, 2.24) is 9.80 Å². The van der Waals surface area contributed by atoms with E-state index < -0.39 is 5.41 Å². The van der Waals surface area contributed by atoms with Crippen molar-refractivity contribution in [3.8, 4) is 0 Å². The molecule has 1 saturated heterocycles. The predicted molar refractivity (Wildman–Crippen MR) is 86.3 cm³/mol. The van der Waals surface area contributed by atoms with Crippen LogP contribution in [0.15, 0.2) is 18.2 Å². The van der Waals surface area contributed by atoms with Crippen LogP contribution in [-0.4, -0.2) is 61.9 Å². The third kappa shape index (κ3) is 2.20. The number of hydrogen-bond donors (Lipinski definition) is 0. The Hall–Kier alpha value is -1.88. The van der Waals surface area contributed by atoms with Gasteiger partial charge >= 0.3 is 0 Å². The first kappa shape index (κ1) is 15.0. The molecule has 0 N–H and O–H groups in total. The molecule has 5 heteroatoms. The second-order valence-electron chi connectivity index (χ2n) is 6.82. The van der Waals surface area contributed by atoms with E-state index in [0.29, 0.717) is 5.56 Å². The van der Waals surface area contributed by atoms with Crippen molar-refractivity contribution >= 4 is 17.5 Å². The first-order valence-electron chi connectivity index (χ1n) is 7.73. The summed E-state index contributed by atoms with van der Waals surface area (Å²) in [6.07, 6.45) is 0. The van der Waals surface area contributed by atoms with Gasteiger partial charge in [0.2, 0.25) is 5.91 Å². The van der Waals surface area contributed by atoms with Crippen LogP contribution in [0.3, 0.4) is 0 Å². The lowest BCUT2D eigenvalue weighted by molar-refractivity contribution is -0.121. The van der Waals surface area contributed by atoms with Gasteiger partial charge in [-0.05, 0) is 44.7 Å². The minimum atomic E-state index is -0.567. The molecule has 0 bridgehead atoms. The fourth-order valence-electron chi connectivity index (χ4n) is 3.30. The minimum absolute atomic E-state index is 0.0636. The van der Waals surface area contributed by atoms with Crippen LogP contribution in [0, 0.1) is 0 Å². The number of carbonyl (C=O) groups excluding carboxylic acids is 2. The maximum atomic E-state index is 12.7. The van der Waals surface area contributed by atoms with Gasteiger partial charge in [-0.15, -0.1) is 0 Å². The number of fused-ring (bicyclic) bond motifs is 1. The molecule has 0 aromatic heterocycles. The zero-order chi connectivity index (χ0) is 16.1. The average Bonchev–Trinajstić information content (AvgIpc) is 2.68. The Morgan fingerprint density at radius 2 is 1.73 bits per heavy atom. The first-order chi connectivity index (χ1) is 10.3. The van der Waals surface area contributed by atoms with Crippen LogP contribution < -0.4 is 4.90 Å². The van der Waals surface area contributed by atoms with Crippen molar-refractivity contribution < 1.29 is 9.59 Å². The van der Waals surface area contributed by atoms with Crippen molar-refractivity contribution in [2.75, 3.05) is 45.2 Å². The van der Waals surface area contributed by atoms with Gasteiger partial charge in [0.25, 0.3) is 5.91 Å². The second-order valence-corrected chi connectivity index (χ2v) is 6.82. The number of benzene rings is 1. The summed E-state index contributed by atoms with van der Waals surface area (Å²) in [5.41, 5.74) is 1.96. The number of amides is 2. The molecule has 2 aliphatic heterocycles. The number of hydrogen-bond acceptors (Lipinski definition) is 3. The largest absolute Gasteiger partial charge is 0.336 e. The molecule has 1 fully saturated rings. The van der Waals surface area contributed by atoms with Crippen LogP contribution in [-0.2, 0) is 10.2 Å². The topological polar surface area (TPSA) is 43.9 Å². The number of anilines is 1. The summed E-state index contributed by atoms with van der Waals surface area (Å²) >= 11 is 0. The fraction of sp³-hybridized carbons (Fsp3) is 0.529. The van der Waals surface area contributed by atoms with Crippen LogP contribution >= 0.6 is 0 Å². The first-order valence-corrected chi connectivity index (χ1v) is 7.73. The Labute approximate surface area is 131 Å². The Morgan fingerprint density at radius 3 is 2.36 bits per heavy atom. The number of nitrogens with zero attached hydrogens (tertiary/aromatic N) is 3. The normalized spacial score (nSPS) is 21.2. The molecule has 2 aliphatic rings. The Morgan fingerprint density at radius 1 is 1.09 bits per heavy atom. The Bertz CT molecular complexity index is 631. The molecule has 0 atom stereocenters. The summed E-state index contributed by atoms with van der Waals surface area (Å²) in [4.78, 5) is 30.8. The van der Waals surface area contributed by atoms with E-state index in [-0.39, 0.29) is 11.8 Å². The third-order valence-electron chi connectivity index (χ3n) is 4.91. The average molecular weight is 301 g/mol. The van der Waals surface area contributed by atoms with Crippen LogP contribution in [0.2, 0.25) is 0 Å². The van der Waals surface area contributed by atoms with Crippen LogP contribution in [0.25, 0.3) is 0 Å². The van der Waals surface area contributed by atoms with Gasteiger partial charge in [0.1, 0.15) is 0 Å². The van der Waals surface area contributed by atoms with Crippen LogP contribution in [0.5, 0.6) is 0 Å². The SMILES string of the molecule is CN1CCN(C(=O)c2ccc3c(c2)C(C)(C)C(=O)N3C)CC1. The smallest absolute Gasteiger partial charge is 0.253 e. The standard InChI is InChI=1S/C17H23N3O2/c1-17(2)13-11-12(5-6-14(13)19(4)16(17)22)15(21)20-9-7-18(3)8-10-20/h5-6,11H,7-10H2,1-4H3. The van der Waals surface area contributed by atoms with Crippen LogP contribution in [0.4, 0.5) is 5.69 Å². The Balaban J connectivity index is 1.90. The van der Waals surface area contributed by atoms with Crippen molar-refractivity contribution in [3.05, 3.63) is 29.3 Å². The van der Waals surface area contributed by atoms with Gasteiger partial charge in [0.05, 0.1) is 5.41 Å². The van der Waals surface area contributed by atoms with E-state index >= 15 is 0 Å². The summed E-state index contributed by atoms with van der Waals surface area (Å²) in [6.45, 7) is 7.17. The second kappa shape index (κ2) is 5.09. The maximum absolute atomic E-state index is 12.7. The van der Waals surface area contributed by atoms with E-state index in [1.54, 1.807) is 11.9 Å². The summed E-state index contributed by atoms with van der Waals surface area (Å²) < 4.78 is 0. The van der Waals surface area contributed by atoms with Gasteiger partial charge in [0, 0.05) is 44.5 Å². The predicted octanol–water partition coefficient (Wildman–Crippen LogP) is 1.33. The molecule has 0 aliphatic carbocycles. The zero-order valence-electron chi connectivity index (χ0n) is 13.7. The number of piperazine rings is 1. The highest BCUT2D eigenvalue weighted by atomic mass is 16.2. The lowest BCUT2D eigenvalue weighted by Crippen LogP contribution is -2.47. The molecule has 118 valence electrons. The fourth-order valence-corrected chi connectivity index (χ4v) is 3.30. The molecule has 0 radical (unpaired) electrons. The highest BCUT2D eigenvalue weighted by Crippen LogP contribution is 2.41. The summed E-state index contributed by atoms with van der Waals surface area (Å²) in [5, 5.41) is 0. The monoisotopic (exact) mass is 301 g/mol. The molecule has 2 amide bonds. The van der Waals surface area contributed by atoms with Crippen molar-refractivity contribution in [2.45, 2.75) is 19.3 Å². The van der Waals surface area contributed by atoms with E-state index in [9.17, 15) is 9.59 Å². The highest BCUT2D eigenvalue weighted by molar-refractivity contribution is 6.08. The van der Waals surface area contributed by atoms with Gasteiger partial charge in [0.15, 0.2) is 0 Å². The van der Waals surface area contributed by atoms with E-state index in [2.05, 4.69) is 11.9 Å². The number of carbonyl (C=O) groups is 2. The van der Waals surface area contributed by atoms with Gasteiger partial charge in [-0.3, -0.25) is 9.59 Å². The molecular formula is C17H23N3O2. The Kier molecular flexibility index (Phi) is 3.48. The molecule has 2 heterocycles. The quantitative estimate of drug-likeness (QED) is 0.786. The molecule has 0 unspecified atom stereocenters. The van der Waals surface area contributed by atoms with Crippen LogP contribution in [0.1, 0.15) is 29.8 Å². The van der Waals surface area contributed by atoms with E-state index in [4.69, 9.17) is 0 Å². The van der Waals surface area contributed by atoms with Gasteiger partial charge < -0.3 is 14.7 Å². The summed E-state index contributed by atoms with van der Waals surface area (Å²) in [5.74, 6) is 0.139. The number of rotatable bonds is 1. The zero-order valence-corrected chi connectivity index (χ0v) is 13.7. The molecule has 1 aromatic rings. The van der Waals surface area contributed by atoms with Crippen molar-refractivity contribution in [2.24, 2.45) is 0 Å². The van der Waals surface area contributed by atoms with Gasteiger partial charge in [-0.25, -0.2) is 0 Å². The van der Waals surface area contributed by atoms with E-state index in [1.165, 1.54) is 0 Å². The molecule has 0 saturated carbocycles. The summed E-state index contributed by atoms with van der Waals surface area (Å²) in [7, 11) is 3.86. The van der Waals surface area contributed by atoms with Gasteiger partial charge in [-0.2, -0.15) is 0 Å². The lowest BCUT2D eigenvalue weighted by Gasteiger charge is -2.32. The lowest BCUT2D eigenvalue weighted by atomic mass is 9.85. The molecule has 0 spiro atoms. The molecule has 1 aromatic carbocycles. The molecule has 22 heavy (non-hydrogen) atoms. The molecule has 3 rings (SSSR count). The van der Waals surface area contributed by atoms with E-state index in [1.807, 2.05) is 36.9 Å². The van der Waals surface area contributed by atoms with Crippen molar-refractivity contribution in [3.63, 3.8) is 0 Å². The minimum Gasteiger partial charge on any atom is -0.336 e. The molecule has 5 nitrogen and oxygen atoms in total. The molecular weight excluding hydrogens is 278 g/mol. The highest BCUT2D eigenvalue weighted by Gasteiger charge is 2.42.